The van der Waals surface area contributed by atoms with Crippen LogP contribution in [0.3, 0.4) is 0 Å². The quantitative estimate of drug-likeness (QED) is 0.167. The van der Waals surface area contributed by atoms with Gasteiger partial charge in [-0.3, -0.25) is 4.52 Å². The van der Waals surface area contributed by atoms with Gasteiger partial charge in [0.2, 0.25) is 0 Å². The number of carboxylic acids is 1. The van der Waals surface area contributed by atoms with Crippen LogP contribution >= 0.6 is 7.60 Å². The van der Waals surface area contributed by atoms with Gasteiger partial charge in [-0.2, -0.15) is 0 Å². The minimum Gasteiger partial charge on any atom is -0.478 e. The molecule has 1 unspecified atom stereocenters. The third-order valence-corrected chi connectivity index (χ3v) is 7.63. The van der Waals surface area contributed by atoms with Crippen LogP contribution in [0.5, 0.6) is 5.75 Å². The zero-order chi connectivity index (χ0) is 27.7. The first-order chi connectivity index (χ1) is 18.1. The summed E-state index contributed by atoms with van der Waals surface area (Å²) in [4.78, 5) is 23.7. The normalized spacial score (nSPS) is 13.2. The number of anilines is 3. The Labute approximate surface area is 222 Å². The second-order valence-corrected chi connectivity index (χ2v) is 10.7. The van der Waals surface area contributed by atoms with E-state index in [2.05, 4.69) is 10.6 Å². The molecule has 0 heterocycles. The van der Waals surface area contributed by atoms with Gasteiger partial charge in [0.05, 0.1) is 24.0 Å². The zero-order valence-corrected chi connectivity index (χ0v) is 22.8. The third-order valence-electron chi connectivity index (χ3n) is 5.73. The first kappa shape index (κ1) is 28.8. The summed E-state index contributed by atoms with van der Waals surface area (Å²) in [6.07, 6.45) is -1.10. The summed E-state index contributed by atoms with van der Waals surface area (Å²) in [5, 5.41) is 16.0. The number of aromatic carboxylic acids is 1. The van der Waals surface area contributed by atoms with E-state index >= 15 is 0 Å². The lowest BCUT2D eigenvalue weighted by molar-refractivity contribution is -0.150. The van der Waals surface area contributed by atoms with Crippen molar-refractivity contribution in [3.05, 3.63) is 83.4 Å². The summed E-state index contributed by atoms with van der Waals surface area (Å²) >= 11 is 0. The highest BCUT2D eigenvalue weighted by Crippen LogP contribution is 2.49. The van der Waals surface area contributed by atoms with Crippen molar-refractivity contribution in [2.75, 3.05) is 29.9 Å². The monoisotopic (exact) mass is 540 g/mol. The number of carbonyl (C=O) groups is 2. The van der Waals surface area contributed by atoms with E-state index < -0.39 is 25.6 Å². The van der Waals surface area contributed by atoms with Crippen molar-refractivity contribution in [1.82, 2.24) is 0 Å². The van der Waals surface area contributed by atoms with Crippen molar-refractivity contribution in [1.29, 1.82) is 0 Å². The molecule has 0 bridgehead atoms. The Balaban J connectivity index is 1.77. The first-order valence-corrected chi connectivity index (χ1v) is 14.0. The standard InChI is InChI=1S/C28H33N2O7P/c1-5-35-28(33)21(4)36-38(34,37-23-11-7-6-8-12-23)16-15-29-22-17-19(2)20(3)26(18-22)30-25-14-10-9-13-24(25)27(31)32/h6-14,17-18,21,29-30H,5,15-16H2,1-4H3,(H,31,32)/t21-,38?/m0/s1. The molecule has 0 saturated heterocycles. The molecule has 3 N–H and O–H groups in total. The number of benzene rings is 3. The van der Waals surface area contributed by atoms with E-state index in [0.717, 1.165) is 22.5 Å². The topological polar surface area (TPSA) is 123 Å². The molecule has 0 spiro atoms. The van der Waals surface area contributed by atoms with Crippen molar-refractivity contribution < 1.29 is 33.0 Å². The van der Waals surface area contributed by atoms with E-state index in [4.69, 9.17) is 13.8 Å². The summed E-state index contributed by atoms with van der Waals surface area (Å²) in [6, 6.07) is 19.1. The lowest BCUT2D eigenvalue weighted by atomic mass is 10.1. The first-order valence-electron chi connectivity index (χ1n) is 12.2. The molecule has 202 valence electrons. The van der Waals surface area contributed by atoms with Crippen LogP contribution < -0.4 is 15.2 Å². The van der Waals surface area contributed by atoms with Gasteiger partial charge < -0.3 is 25.0 Å². The largest absolute Gasteiger partial charge is 0.478 e. The number of esters is 1. The minimum atomic E-state index is -3.76. The molecule has 0 aliphatic heterocycles. The number of nitrogens with one attached hydrogen (secondary N) is 2. The molecule has 9 nitrogen and oxygen atoms in total. The second kappa shape index (κ2) is 13.1. The molecule has 3 aromatic carbocycles. The fourth-order valence-corrected chi connectivity index (χ4v) is 5.29. The van der Waals surface area contributed by atoms with Crippen LogP contribution in [0.1, 0.15) is 35.3 Å². The van der Waals surface area contributed by atoms with Crippen LogP contribution in [0.25, 0.3) is 0 Å². The molecule has 0 aliphatic rings. The minimum absolute atomic E-state index is 0.0246. The van der Waals surface area contributed by atoms with E-state index in [9.17, 15) is 19.3 Å². The van der Waals surface area contributed by atoms with Gasteiger partial charge in [-0.25, -0.2) is 14.2 Å². The number of ether oxygens (including phenoxy) is 1. The van der Waals surface area contributed by atoms with E-state index in [1.165, 1.54) is 13.0 Å². The molecule has 0 saturated carbocycles. The highest BCUT2D eigenvalue weighted by atomic mass is 31.2. The lowest BCUT2D eigenvalue weighted by Crippen LogP contribution is -2.24. The van der Waals surface area contributed by atoms with Crippen LogP contribution in [0.15, 0.2) is 66.7 Å². The maximum Gasteiger partial charge on any atom is 0.381 e. The Morgan fingerprint density at radius 3 is 2.37 bits per heavy atom. The summed E-state index contributed by atoms with van der Waals surface area (Å²) < 4.78 is 30.0. The Bertz CT molecular complexity index is 1310. The van der Waals surface area contributed by atoms with E-state index in [1.807, 2.05) is 32.0 Å². The molecule has 0 radical (unpaired) electrons. The molecule has 0 amide bonds. The van der Waals surface area contributed by atoms with E-state index in [-0.39, 0.29) is 24.9 Å². The predicted molar refractivity (Wildman–Crippen MR) is 148 cm³/mol. The number of carbonyl (C=O) groups excluding carboxylic acids is 1. The van der Waals surface area contributed by atoms with Crippen molar-refractivity contribution >= 4 is 36.6 Å². The molecule has 0 fully saturated rings. The molecule has 3 rings (SSSR count). The average molecular weight is 541 g/mol. The van der Waals surface area contributed by atoms with E-state index in [0.29, 0.717) is 11.4 Å². The molecule has 0 aromatic heterocycles. The van der Waals surface area contributed by atoms with Gasteiger partial charge in [0.1, 0.15) is 5.75 Å². The van der Waals surface area contributed by atoms with Crippen LogP contribution in [0.4, 0.5) is 17.1 Å². The smallest absolute Gasteiger partial charge is 0.381 e. The maximum absolute atomic E-state index is 13.7. The van der Waals surface area contributed by atoms with Gasteiger partial charge in [0.15, 0.2) is 6.10 Å². The number of hydrogen-bond acceptors (Lipinski definition) is 8. The molecule has 0 aliphatic carbocycles. The van der Waals surface area contributed by atoms with Crippen LogP contribution in [0, 0.1) is 13.8 Å². The molecular formula is C28H33N2O7P. The maximum atomic E-state index is 13.7. The van der Waals surface area contributed by atoms with Gasteiger partial charge in [0.25, 0.3) is 0 Å². The molecule has 3 aromatic rings. The SMILES string of the molecule is CCOC(=O)[C@H](C)OP(=O)(CCNc1cc(C)c(C)c(Nc2ccccc2C(=O)O)c1)Oc1ccccc1. The number of para-hydroxylation sites is 2. The van der Waals surface area contributed by atoms with Crippen LogP contribution in [-0.4, -0.2) is 42.5 Å². The lowest BCUT2D eigenvalue weighted by Gasteiger charge is -2.23. The van der Waals surface area contributed by atoms with Gasteiger partial charge in [0, 0.05) is 17.9 Å². The molecular weight excluding hydrogens is 507 g/mol. The number of hydrogen-bond donors (Lipinski definition) is 3. The highest BCUT2D eigenvalue weighted by Gasteiger charge is 2.32. The van der Waals surface area contributed by atoms with Gasteiger partial charge in [-0.05, 0) is 75.2 Å². The Morgan fingerprint density at radius 1 is 1.00 bits per heavy atom. The summed E-state index contributed by atoms with van der Waals surface area (Å²) in [5.41, 5.74) is 4.03. The van der Waals surface area contributed by atoms with Crippen molar-refractivity contribution in [2.24, 2.45) is 0 Å². The summed E-state index contributed by atoms with van der Waals surface area (Å²) in [6.45, 7) is 7.44. The van der Waals surface area contributed by atoms with Crippen molar-refractivity contribution in [3.63, 3.8) is 0 Å². The zero-order valence-electron chi connectivity index (χ0n) is 21.9. The molecule has 2 atom stereocenters. The van der Waals surface area contributed by atoms with Gasteiger partial charge in [-0.1, -0.05) is 30.3 Å². The van der Waals surface area contributed by atoms with E-state index in [1.54, 1.807) is 49.4 Å². The molecule has 10 heteroatoms. The third kappa shape index (κ3) is 7.84. The fraction of sp³-hybridized carbons (Fsp3) is 0.286. The van der Waals surface area contributed by atoms with Crippen LogP contribution in [-0.2, 0) is 18.6 Å². The summed E-state index contributed by atoms with van der Waals surface area (Å²) in [5.74, 6) is -1.28. The number of aryl methyl sites for hydroxylation is 1. The van der Waals surface area contributed by atoms with Crippen molar-refractivity contribution in [2.45, 2.75) is 33.8 Å². The predicted octanol–water partition coefficient (Wildman–Crippen LogP) is 6.40. The number of carboxylic acid groups (broad SMARTS) is 1. The van der Waals surface area contributed by atoms with Gasteiger partial charge in [-0.15, -0.1) is 0 Å². The average Bonchev–Trinajstić information content (AvgIpc) is 2.87. The number of rotatable bonds is 13. The summed E-state index contributed by atoms with van der Waals surface area (Å²) in [7, 11) is -3.76. The van der Waals surface area contributed by atoms with Crippen molar-refractivity contribution in [3.8, 4) is 5.75 Å². The Morgan fingerprint density at radius 2 is 1.68 bits per heavy atom. The van der Waals surface area contributed by atoms with Crippen LogP contribution in [0.2, 0.25) is 0 Å². The molecule has 38 heavy (non-hydrogen) atoms. The fourth-order valence-electron chi connectivity index (χ4n) is 3.66. The Kier molecular flexibility index (Phi) is 9.93. The second-order valence-electron chi connectivity index (χ2n) is 8.61. The van der Waals surface area contributed by atoms with Gasteiger partial charge >= 0.3 is 19.5 Å². The highest BCUT2D eigenvalue weighted by molar-refractivity contribution is 7.54. The Hall–Kier alpha value is -3.81.